The van der Waals surface area contributed by atoms with Gasteiger partial charge in [-0.3, -0.25) is 0 Å². The molecule has 20 heavy (non-hydrogen) atoms. The number of nitrogens with one attached hydrogen (secondary N) is 1. The van der Waals surface area contributed by atoms with E-state index < -0.39 is 0 Å². The first-order valence-corrected chi connectivity index (χ1v) is 7.13. The van der Waals surface area contributed by atoms with Gasteiger partial charge in [-0.1, -0.05) is 31.0 Å². The minimum atomic E-state index is -0.127. The molecule has 1 aromatic heterocycles. The Bertz CT molecular complexity index is 546. The summed E-state index contributed by atoms with van der Waals surface area (Å²) < 4.78 is 1.78. The fourth-order valence-electron chi connectivity index (χ4n) is 2.79. The van der Waals surface area contributed by atoms with E-state index in [0.717, 1.165) is 24.4 Å². The van der Waals surface area contributed by atoms with Crippen molar-refractivity contribution in [2.24, 2.45) is 0 Å². The van der Waals surface area contributed by atoms with E-state index in [-0.39, 0.29) is 12.1 Å². The van der Waals surface area contributed by atoms with Gasteiger partial charge in [0.2, 0.25) is 0 Å². The van der Waals surface area contributed by atoms with Crippen LogP contribution < -0.4 is 5.32 Å². The first-order valence-electron chi connectivity index (χ1n) is 7.13. The molecular formula is C15H20N4O. The minimum absolute atomic E-state index is 0.127. The molecule has 0 unspecified atom stereocenters. The Kier molecular flexibility index (Phi) is 3.80. The average Bonchev–Trinajstić information content (AvgIpc) is 3.16. The van der Waals surface area contributed by atoms with Crippen molar-refractivity contribution in [1.29, 1.82) is 0 Å². The molecule has 0 bridgehead atoms. The van der Waals surface area contributed by atoms with Crippen LogP contribution in [-0.2, 0) is 6.54 Å². The van der Waals surface area contributed by atoms with E-state index in [0.29, 0.717) is 6.54 Å². The molecular weight excluding hydrogens is 252 g/mol. The van der Waals surface area contributed by atoms with Crippen LogP contribution in [0.2, 0.25) is 0 Å². The summed E-state index contributed by atoms with van der Waals surface area (Å²) in [5.41, 5.74) is 0.877. The van der Waals surface area contributed by atoms with Gasteiger partial charge in [-0.15, -0.1) is 5.10 Å². The predicted molar refractivity (Wildman–Crippen MR) is 76.5 cm³/mol. The highest BCUT2D eigenvalue weighted by atomic mass is 16.3. The first-order chi connectivity index (χ1) is 9.81. The van der Waals surface area contributed by atoms with Crippen molar-refractivity contribution >= 4 is 0 Å². The number of benzene rings is 1. The molecule has 1 aliphatic rings. The van der Waals surface area contributed by atoms with E-state index in [1.165, 1.54) is 12.8 Å². The molecule has 0 aliphatic heterocycles. The van der Waals surface area contributed by atoms with Gasteiger partial charge in [0.05, 0.1) is 18.8 Å². The zero-order valence-electron chi connectivity index (χ0n) is 11.5. The summed E-state index contributed by atoms with van der Waals surface area (Å²) in [4.78, 5) is 4.33. The number of aliphatic hydroxyl groups is 1. The molecule has 0 atom stereocenters. The zero-order valence-corrected chi connectivity index (χ0v) is 11.5. The maximum atomic E-state index is 9.57. The lowest BCUT2D eigenvalue weighted by molar-refractivity contribution is 0.162. The largest absolute Gasteiger partial charge is 0.394 e. The van der Waals surface area contributed by atoms with Gasteiger partial charge in [0.25, 0.3) is 0 Å². The number of hydrogen-bond acceptors (Lipinski definition) is 4. The molecule has 106 valence electrons. The van der Waals surface area contributed by atoms with Crippen LogP contribution in [0.5, 0.6) is 0 Å². The summed E-state index contributed by atoms with van der Waals surface area (Å²) >= 11 is 0. The third kappa shape index (κ3) is 2.73. The van der Waals surface area contributed by atoms with Crippen molar-refractivity contribution in [2.45, 2.75) is 37.8 Å². The Morgan fingerprint density at radius 2 is 1.95 bits per heavy atom. The second-order valence-corrected chi connectivity index (χ2v) is 5.44. The van der Waals surface area contributed by atoms with Gasteiger partial charge in [-0.2, -0.15) is 0 Å². The molecule has 0 spiro atoms. The molecule has 0 amide bonds. The second kappa shape index (κ2) is 5.73. The van der Waals surface area contributed by atoms with Crippen molar-refractivity contribution in [3.05, 3.63) is 42.5 Å². The standard InChI is InChI=1S/C15H20N4O/c20-11-15(8-4-5-9-15)17-10-14-16-12-19(18-14)13-6-2-1-3-7-13/h1-3,6-7,12,17,20H,4-5,8-11H2. The summed E-state index contributed by atoms with van der Waals surface area (Å²) in [5, 5.41) is 17.5. The molecule has 3 rings (SSSR count). The van der Waals surface area contributed by atoms with Crippen LogP contribution in [0.3, 0.4) is 0 Å². The van der Waals surface area contributed by atoms with E-state index in [1.807, 2.05) is 30.3 Å². The molecule has 2 N–H and O–H groups in total. The van der Waals surface area contributed by atoms with Gasteiger partial charge < -0.3 is 10.4 Å². The summed E-state index contributed by atoms with van der Waals surface area (Å²) in [6, 6.07) is 9.94. The maximum Gasteiger partial charge on any atom is 0.164 e. The third-order valence-corrected chi connectivity index (χ3v) is 4.04. The molecule has 5 nitrogen and oxygen atoms in total. The van der Waals surface area contributed by atoms with E-state index in [4.69, 9.17) is 0 Å². The van der Waals surface area contributed by atoms with Crippen LogP contribution >= 0.6 is 0 Å². The fourth-order valence-corrected chi connectivity index (χ4v) is 2.79. The van der Waals surface area contributed by atoms with E-state index in [2.05, 4.69) is 15.4 Å². The Hall–Kier alpha value is -1.72. The third-order valence-electron chi connectivity index (χ3n) is 4.04. The molecule has 2 aromatic rings. The van der Waals surface area contributed by atoms with Crippen molar-refractivity contribution in [3.63, 3.8) is 0 Å². The fraction of sp³-hybridized carbons (Fsp3) is 0.467. The molecule has 1 heterocycles. The number of hydrogen-bond donors (Lipinski definition) is 2. The number of rotatable bonds is 5. The summed E-state index contributed by atoms with van der Waals surface area (Å²) in [6.07, 6.45) is 6.15. The SMILES string of the molecule is OCC1(NCc2ncn(-c3ccccc3)n2)CCCC1. The summed E-state index contributed by atoms with van der Waals surface area (Å²) in [7, 11) is 0. The van der Waals surface area contributed by atoms with E-state index in [1.54, 1.807) is 11.0 Å². The molecule has 5 heteroatoms. The first kappa shape index (κ1) is 13.3. The predicted octanol–water partition coefficient (Wildman–Crippen LogP) is 1.66. The Balaban J connectivity index is 1.66. The van der Waals surface area contributed by atoms with E-state index in [9.17, 15) is 5.11 Å². The van der Waals surface area contributed by atoms with Gasteiger partial charge in [-0.25, -0.2) is 9.67 Å². The summed E-state index contributed by atoms with van der Waals surface area (Å²) in [6.45, 7) is 0.785. The second-order valence-electron chi connectivity index (χ2n) is 5.44. The lowest BCUT2D eigenvalue weighted by Gasteiger charge is -2.27. The van der Waals surface area contributed by atoms with Crippen LogP contribution in [0, 0.1) is 0 Å². The highest BCUT2D eigenvalue weighted by Crippen LogP contribution is 2.29. The smallest absolute Gasteiger partial charge is 0.164 e. The average molecular weight is 272 g/mol. The number of aliphatic hydroxyl groups excluding tert-OH is 1. The van der Waals surface area contributed by atoms with Crippen molar-refractivity contribution in [3.8, 4) is 5.69 Å². The van der Waals surface area contributed by atoms with Gasteiger partial charge in [0.15, 0.2) is 5.82 Å². The Morgan fingerprint density at radius 3 is 2.65 bits per heavy atom. The highest BCUT2D eigenvalue weighted by Gasteiger charge is 2.32. The quantitative estimate of drug-likeness (QED) is 0.869. The number of aromatic nitrogens is 3. The van der Waals surface area contributed by atoms with Crippen molar-refractivity contribution in [1.82, 2.24) is 20.1 Å². The maximum absolute atomic E-state index is 9.57. The van der Waals surface area contributed by atoms with Crippen LogP contribution in [0.1, 0.15) is 31.5 Å². The molecule has 1 aromatic carbocycles. The summed E-state index contributed by atoms with van der Waals surface area (Å²) in [5.74, 6) is 0.758. The van der Waals surface area contributed by atoms with Crippen molar-refractivity contribution < 1.29 is 5.11 Å². The van der Waals surface area contributed by atoms with Crippen LogP contribution in [-0.4, -0.2) is 32.0 Å². The van der Waals surface area contributed by atoms with Crippen LogP contribution in [0.25, 0.3) is 5.69 Å². The molecule has 0 saturated heterocycles. The van der Waals surface area contributed by atoms with Gasteiger partial charge >= 0.3 is 0 Å². The lowest BCUT2D eigenvalue weighted by atomic mass is 9.99. The van der Waals surface area contributed by atoms with Gasteiger partial charge in [-0.05, 0) is 25.0 Å². The topological polar surface area (TPSA) is 63.0 Å². The van der Waals surface area contributed by atoms with Gasteiger partial charge in [0.1, 0.15) is 6.33 Å². The van der Waals surface area contributed by atoms with E-state index >= 15 is 0 Å². The number of nitrogens with zero attached hydrogens (tertiary/aromatic N) is 3. The van der Waals surface area contributed by atoms with Gasteiger partial charge in [0, 0.05) is 5.54 Å². The zero-order chi connectivity index (χ0) is 13.8. The molecule has 1 fully saturated rings. The Morgan fingerprint density at radius 1 is 1.20 bits per heavy atom. The minimum Gasteiger partial charge on any atom is -0.394 e. The lowest BCUT2D eigenvalue weighted by Crippen LogP contribution is -2.45. The van der Waals surface area contributed by atoms with Crippen LogP contribution in [0.15, 0.2) is 36.7 Å². The monoisotopic (exact) mass is 272 g/mol. The highest BCUT2D eigenvalue weighted by molar-refractivity contribution is 5.29. The molecule has 1 aliphatic carbocycles. The van der Waals surface area contributed by atoms with Crippen LogP contribution in [0.4, 0.5) is 0 Å². The Labute approximate surface area is 118 Å². The van der Waals surface area contributed by atoms with Crippen molar-refractivity contribution in [2.75, 3.05) is 6.61 Å². The molecule has 1 saturated carbocycles. The number of para-hydroxylation sites is 1. The normalized spacial score (nSPS) is 17.4. The molecule has 0 radical (unpaired) electrons.